The van der Waals surface area contributed by atoms with Crippen LogP contribution in [-0.4, -0.2) is 29.9 Å². The van der Waals surface area contributed by atoms with E-state index in [0.29, 0.717) is 6.61 Å². The summed E-state index contributed by atoms with van der Waals surface area (Å²) in [6.45, 7) is 2.27. The number of aromatic amines is 1. The molecule has 1 aliphatic rings. The van der Waals surface area contributed by atoms with Crippen molar-refractivity contribution in [3.05, 3.63) is 77.1 Å². The largest absolute Gasteiger partial charge is 0.363 e. The van der Waals surface area contributed by atoms with Gasteiger partial charge >= 0.3 is 0 Å². The van der Waals surface area contributed by atoms with Crippen LogP contribution in [0.2, 0.25) is 5.02 Å². The predicted octanol–water partition coefficient (Wildman–Crippen LogP) is 3.59. The summed E-state index contributed by atoms with van der Waals surface area (Å²) in [5.74, 6) is 0. The van der Waals surface area contributed by atoms with Crippen LogP contribution in [0.5, 0.6) is 0 Å². The van der Waals surface area contributed by atoms with Crippen molar-refractivity contribution in [2.24, 2.45) is 0 Å². The quantitative estimate of drug-likeness (QED) is 0.766. The second-order valence-electron chi connectivity index (χ2n) is 5.92. The molecule has 0 aliphatic carbocycles. The molecular formula is C19H18ClN3O. The van der Waals surface area contributed by atoms with Crippen LogP contribution in [0.25, 0.3) is 11.1 Å². The van der Waals surface area contributed by atoms with E-state index in [1.807, 2.05) is 36.7 Å². The van der Waals surface area contributed by atoms with Gasteiger partial charge in [-0.05, 0) is 28.8 Å². The Labute approximate surface area is 145 Å². The minimum Gasteiger partial charge on any atom is -0.363 e. The van der Waals surface area contributed by atoms with Gasteiger partial charge in [-0.25, -0.2) is 0 Å². The average molecular weight is 340 g/mol. The van der Waals surface area contributed by atoms with Crippen LogP contribution in [0, 0.1) is 0 Å². The first-order valence-electron chi connectivity index (χ1n) is 7.98. The molecule has 122 valence electrons. The summed E-state index contributed by atoms with van der Waals surface area (Å²) in [6, 6.07) is 16.4. The number of hydrogen-bond acceptors (Lipinski definition) is 3. The Morgan fingerprint density at radius 3 is 2.25 bits per heavy atom. The molecule has 0 amide bonds. The molecule has 5 heteroatoms. The van der Waals surface area contributed by atoms with E-state index in [-0.39, 0.29) is 0 Å². The predicted molar refractivity (Wildman–Crippen MR) is 95.1 cm³/mol. The van der Waals surface area contributed by atoms with Gasteiger partial charge < -0.3 is 10.1 Å². The SMILES string of the molecule is Clc1ccc(C2(c3ccc(-c4cn[nH]c4)cc3)CNCCO2)cc1. The third-order valence-corrected chi connectivity index (χ3v) is 4.75. The third-order valence-electron chi connectivity index (χ3n) is 4.49. The molecule has 0 bridgehead atoms. The average Bonchev–Trinajstić information content (AvgIpc) is 3.18. The highest BCUT2D eigenvalue weighted by molar-refractivity contribution is 6.30. The molecule has 2 heterocycles. The number of nitrogens with zero attached hydrogens (tertiary/aromatic N) is 1. The molecule has 0 spiro atoms. The molecular weight excluding hydrogens is 322 g/mol. The van der Waals surface area contributed by atoms with Gasteiger partial charge in [0.2, 0.25) is 0 Å². The summed E-state index contributed by atoms with van der Waals surface area (Å²) in [5, 5.41) is 11.0. The Bertz CT molecular complexity index is 792. The van der Waals surface area contributed by atoms with E-state index >= 15 is 0 Å². The number of aromatic nitrogens is 2. The van der Waals surface area contributed by atoms with E-state index in [1.165, 1.54) is 0 Å². The fraction of sp³-hybridized carbons (Fsp3) is 0.211. The van der Waals surface area contributed by atoms with E-state index < -0.39 is 5.60 Å². The van der Waals surface area contributed by atoms with Crippen molar-refractivity contribution in [1.82, 2.24) is 15.5 Å². The van der Waals surface area contributed by atoms with E-state index in [4.69, 9.17) is 16.3 Å². The van der Waals surface area contributed by atoms with Gasteiger partial charge in [0.1, 0.15) is 5.60 Å². The van der Waals surface area contributed by atoms with Crippen LogP contribution in [0.1, 0.15) is 11.1 Å². The van der Waals surface area contributed by atoms with Crippen molar-refractivity contribution >= 4 is 11.6 Å². The molecule has 1 unspecified atom stereocenters. The summed E-state index contributed by atoms with van der Waals surface area (Å²) in [4.78, 5) is 0. The topological polar surface area (TPSA) is 49.9 Å². The minimum atomic E-state index is -0.488. The van der Waals surface area contributed by atoms with Gasteiger partial charge in [-0.3, -0.25) is 5.10 Å². The van der Waals surface area contributed by atoms with Crippen molar-refractivity contribution in [3.63, 3.8) is 0 Å². The second-order valence-corrected chi connectivity index (χ2v) is 6.36. The monoisotopic (exact) mass is 339 g/mol. The number of H-pyrrole nitrogens is 1. The molecule has 0 radical (unpaired) electrons. The van der Waals surface area contributed by atoms with E-state index in [2.05, 4.69) is 39.8 Å². The van der Waals surface area contributed by atoms with Gasteiger partial charge in [-0.1, -0.05) is 48.0 Å². The second kappa shape index (κ2) is 6.40. The first kappa shape index (κ1) is 15.4. The molecule has 1 aliphatic heterocycles. The maximum Gasteiger partial charge on any atom is 0.130 e. The van der Waals surface area contributed by atoms with E-state index in [1.54, 1.807) is 0 Å². The Morgan fingerprint density at radius 1 is 0.958 bits per heavy atom. The lowest BCUT2D eigenvalue weighted by molar-refractivity contribution is -0.0403. The minimum absolute atomic E-state index is 0.488. The number of halogens is 1. The fourth-order valence-electron chi connectivity index (χ4n) is 3.21. The zero-order valence-corrected chi connectivity index (χ0v) is 13.9. The van der Waals surface area contributed by atoms with Gasteiger partial charge in [-0.2, -0.15) is 5.10 Å². The van der Waals surface area contributed by atoms with Crippen LogP contribution in [0.3, 0.4) is 0 Å². The molecule has 1 fully saturated rings. The van der Waals surface area contributed by atoms with Gasteiger partial charge in [0, 0.05) is 29.9 Å². The number of ether oxygens (including phenoxy) is 1. The number of nitrogens with one attached hydrogen (secondary N) is 2. The van der Waals surface area contributed by atoms with Gasteiger partial charge in [0.05, 0.1) is 12.8 Å². The van der Waals surface area contributed by atoms with Crippen LogP contribution >= 0.6 is 11.6 Å². The van der Waals surface area contributed by atoms with Crippen LogP contribution in [0.15, 0.2) is 60.9 Å². The van der Waals surface area contributed by atoms with Crippen LogP contribution < -0.4 is 5.32 Å². The zero-order chi connectivity index (χ0) is 16.4. The van der Waals surface area contributed by atoms with Crippen LogP contribution in [0.4, 0.5) is 0 Å². The Kier molecular flexibility index (Phi) is 4.10. The Morgan fingerprint density at radius 2 is 1.67 bits per heavy atom. The summed E-state index contributed by atoms with van der Waals surface area (Å²) < 4.78 is 6.28. The number of hydrogen-bond donors (Lipinski definition) is 2. The zero-order valence-electron chi connectivity index (χ0n) is 13.1. The summed E-state index contributed by atoms with van der Waals surface area (Å²) in [7, 11) is 0. The number of morpholine rings is 1. The normalized spacial score (nSPS) is 20.9. The number of benzene rings is 2. The van der Waals surface area contributed by atoms with Crippen molar-refractivity contribution < 1.29 is 4.74 Å². The Hall–Kier alpha value is -2.14. The highest BCUT2D eigenvalue weighted by atomic mass is 35.5. The standard InChI is InChI=1S/C19H18ClN3O/c20-18-7-5-17(6-8-18)19(13-21-9-10-24-19)16-3-1-14(2-4-16)15-11-22-23-12-15/h1-8,11-12,21H,9-10,13H2,(H,22,23). The lowest BCUT2D eigenvalue weighted by atomic mass is 9.84. The molecule has 1 aromatic heterocycles. The molecule has 1 atom stereocenters. The lowest BCUT2D eigenvalue weighted by Crippen LogP contribution is -2.48. The summed E-state index contributed by atoms with van der Waals surface area (Å²) in [5.41, 5.74) is 3.95. The molecule has 1 saturated heterocycles. The smallest absolute Gasteiger partial charge is 0.130 e. The highest BCUT2D eigenvalue weighted by Gasteiger charge is 2.37. The molecule has 4 nitrogen and oxygen atoms in total. The lowest BCUT2D eigenvalue weighted by Gasteiger charge is -2.39. The van der Waals surface area contributed by atoms with Crippen molar-refractivity contribution in [1.29, 1.82) is 0 Å². The van der Waals surface area contributed by atoms with E-state index in [0.717, 1.165) is 40.4 Å². The molecule has 24 heavy (non-hydrogen) atoms. The van der Waals surface area contributed by atoms with Crippen LogP contribution in [-0.2, 0) is 10.3 Å². The summed E-state index contributed by atoms with van der Waals surface area (Å²) >= 11 is 6.05. The van der Waals surface area contributed by atoms with Crippen molar-refractivity contribution in [3.8, 4) is 11.1 Å². The van der Waals surface area contributed by atoms with Crippen molar-refractivity contribution in [2.45, 2.75) is 5.60 Å². The molecule has 3 aromatic rings. The van der Waals surface area contributed by atoms with Gasteiger partial charge in [0.15, 0.2) is 0 Å². The fourth-order valence-corrected chi connectivity index (χ4v) is 3.34. The number of rotatable bonds is 3. The summed E-state index contributed by atoms with van der Waals surface area (Å²) in [6.07, 6.45) is 3.71. The molecule has 2 N–H and O–H groups in total. The Balaban J connectivity index is 1.75. The molecule has 4 rings (SSSR count). The van der Waals surface area contributed by atoms with Gasteiger partial charge in [0.25, 0.3) is 0 Å². The third kappa shape index (κ3) is 2.73. The molecule has 2 aromatic carbocycles. The maximum absolute atomic E-state index is 6.28. The van der Waals surface area contributed by atoms with Gasteiger partial charge in [-0.15, -0.1) is 0 Å². The highest BCUT2D eigenvalue weighted by Crippen LogP contribution is 2.36. The maximum atomic E-state index is 6.28. The van der Waals surface area contributed by atoms with Crippen molar-refractivity contribution in [2.75, 3.05) is 19.7 Å². The molecule has 0 saturated carbocycles. The van der Waals surface area contributed by atoms with E-state index in [9.17, 15) is 0 Å². The first-order valence-corrected chi connectivity index (χ1v) is 8.36. The first-order chi connectivity index (χ1) is 11.8.